The summed E-state index contributed by atoms with van der Waals surface area (Å²) in [5, 5.41) is 2.30. The van der Waals surface area contributed by atoms with E-state index in [1.165, 1.54) is 27.8 Å². The molecule has 0 radical (unpaired) electrons. The van der Waals surface area contributed by atoms with Crippen LogP contribution >= 0.6 is 0 Å². The summed E-state index contributed by atoms with van der Waals surface area (Å²) in [5.41, 5.74) is 13.4. The first-order valence-corrected chi connectivity index (χ1v) is 18.8. The molecule has 0 amide bonds. The molecule has 4 nitrogen and oxygen atoms in total. The van der Waals surface area contributed by atoms with Crippen LogP contribution in [0.15, 0.2) is 194 Å². The second-order valence-corrected chi connectivity index (χ2v) is 14.2. The van der Waals surface area contributed by atoms with E-state index in [0.717, 1.165) is 49.6 Å². The van der Waals surface area contributed by atoms with Crippen LogP contribution < -0.4 is 0 Å². The van der Waals surface area contributed by atoms with E-state index >= 15 is 0 Å². The van der Waals surface area contributed by atoms with Crippen LogP contribution in [0.2, 0.25) is 0 Å². The van der Waals surface area contributed by atoms with E-state index in [2.05, 4.69) is 187 Å². The summed E-state index contributed by atoms with van der Waals surface area (Å²) in [5.74, 6) is 2.25. The lowest BCUT2D eigenvalue weighted by Crippen LogP contribution is -2.07. The molecule has 1 atom stereocenters. The molecule has 0 N–H and O–H groups in total. The highest BCUT2D eigenvalue weighted by atomic mass is 15.2. The molecular weight excluding hydrogens is 669 g/mol. The summed E-state index contributed by atoms with van der Waals surface area (Å²) >= 11 is 0. The number of benzene rings is 7. The molecule has 2 heterocycles. The van der Waals surface area contributed by atoms with Crippen molar-refractivity contribution in [3.8, 4) is 61.8 Å². The summed E-state index contributed by atoms with van der Waals surface area (Å²) in [6, 6.07) is 62.5. The highest BCUT2D eigenvalue weighted by Crippen LogP contribution is 2.38. The van der Waals surface area contributed by atoms with E-state index in [1.807, 2.05) is 18.2 Å². The number of para-hydroxylation sites is 1. The van der Waals surface area contributed by atoms with Crippen LogP contribution in [0.4, 0.5) is 0 Å². The van der Waals surface area contributed by atoms with Gasteiger partial charge in [-0.1, -0.05) is 165 Å². The van der Waals surface area contributed by atoms with Gasteiger partial charge in [0.2, 0.25) is 5.95 Å². The number of nitrogens with zero attached hydrogens (tertiary/aromatic N) is 4. The number of allylic oxidation sites excluding steroid dienone is 4. The lowest BCUT2D eigenvalue weighted by molar-refractivity contribution is 0.928. The maximum atomic E-state index is 5.16. The van der Waals surface area contributed by atoms with Crippen molar-refractivity contribution in [1.29, 1.82) is 0 Å². The van der Waals surface area contributed by atoms with Gasteiger partial charge in [0.25, 0.3) is 0 Å². The lowest BCUT2D eigenvalue weighted by Gasteiger charge is -2.13. The Kier molecular flexibility index (Phi) is 8.07. The van der Waals surface area contributed by atoms with Crippen molar-refractivity contribution in [1.82, 2.24) is 19.5 Å². The first-order chi connectivity index (χ1) is 27.1. The average Bonchev–Trinajstić information content (AvgIpc) is 3.85. The van der Waals surface area contributed by atoms with Gasteiger partial charge in [-0.05, 0) is 86.8 Å². The van der Waals surface area contributed by atoms with Gasteiger partial charge in [-0.3, -0.25) is 4.57 Å². The Balaban J connectivity index is 1.13. The summed E-state index contributed by atoms with van der Waals surface area (Å²) in [7, 11) is 0. The summed E-state index contributed by atoms with van der Waals surface area (Å²) in [4.78, 5) is 15.3. The maximum Gasteiger partial charge on any atom is 0.238 e. The number of aromatic nitrogens is 4. The molecule has 2 aromatic heterocycles. The van der Waals surface area contributed by atoms with Gasteiger partial charge in [-0.2, -0.15) is 9.97 Å². The van der Waals surface area contributed by atoms with Crippen LogP contribution in [0.1, 0.15) is 12.7 Å². The second-order valence-electron chi connectivity index (χ2n) is 14.2. The van der Waals surface area contributed by atoms with Gasteiger partial charge in [-0.15, -0.1) is 0 Å². The normalized spacial score (nSPS) is 13.8. The van der Waals surface area contributed by atoms with Crippen molar-refractivity contribution in [2.24, 2.45) is 5.92 Å². The highest BCUT2D eigenvalue weighted by Gasteiger charge is 2.20. The van der Waals surface area contributed by atoms with Crippen molar-refractivity contribution in [3.63, 3.8) is 0 Å². The van der Waals surface area contributed by atoms with Crippen molar-refractivity contribution in [2.75, 3.05) is 0 Å². The maximum absolute atomic E-state index is 5.16. The zero-order valence-electron chi connectivity index (χ0n) is 30.3. The van der Waals surface area contributed by atoms with E-state index in [-0.39, 0.29) is 0 Å². The number of hydrogen-bond acceptors (Lipinski definition) is 3. The zero-order chi connectivity index (χ0) is 36.7. The molecule has 1 aliphatic carbocycles. The highest BCUT2D eigenvalue weighted by molar-refractivity contribution is 6.10. The third-order valence-corrected chi connectivity index (χ3v) is 10.5. The largest absolute Gasteiger partial charge is 0.278 e. The summed E-state index contributed by atoms with van der Waals surface area (Å²) < 4.78 is 2.20. The third kappa shape index (κ3) is 6.14. The Morgan fingerprint density at radius 2 is 0.909 bits per heavy atom. The molecule has 10 rings (SSSR count). The Morgan fingerprint density at radius 1 is 0.400 bits per heavy atom. The molecule has 7 aromatic carbocycles. The Hall–Kier alpha value is -7.17. The topological polar surface area (TPSA) is 43.6 Å². The van der Waals surface area contributed by atoms with Gasteiger partial charge in [-0.25, -0.2) is 4.98 Å². The fourth-order valence-electron chi connectivity index (χ4n) is 7.74. The van der Waals surface area contributed by atoms with E-state index in [9.17, 15) is 0 Å². The molecule has 0 aliphatic heterocycles. The molecular formula is C51H36N4. The molecule has 260 valence electrons. The number of hydrogen-bond donors (Lipinski definition) is 0. The van der Waals surface area contributed by atoms with Gasteiger partial charge in [0.05, 0.1) is 11.0 Å². The monoisotopic (exact) mass is 704 g/mol. The van der Waals surface area contributed by atoms with Crippen LogP contribution in [-0.2, 0) is 0 Å². The molecule has 1 aliphatic rings. The van der Waals surface area contributed by atoms with Crippen LogP contribution in [0.3, 0.4) is 0 Å². The zero-order valence-corrected chi connectivity index (χ0v) is 30.3. The molecule has 0 saturated heterocycles. The SMILES string of the molecule is CC1C=CC(c2nc(-c3ccccc3)nc(-n3c4ccccc4c4ccc(-c5cccc(-c6cc(-c7ccccc7)cc(-c7ccccc7)c6)c5)cc43)n2)=C1. The Bertz CT molecular complexity index is 2870. The quantitative estimate of drug-likeness (QED) is 0.166. The van der Waals surface area contributed by atoms with Crippen LogP contribution in [0.25, 0.3) is 89.2 Å². The summed E-state index contributed by atoms with van der Waals surface area (Å²) in [6.45, 7) is 2.18. The van der Waals surface area contributed by atoms with Gasteiger partial charge < -0.3 is 0 Å². The molecule has 4 heteroatoms. The van der Waals surface area contributed by atoms with Crippen molar-refractivity contribution in [2.45, 2.75) is 6.92 Å². The minimum absolute atomic E-state index is 0.327. The molecule has 0 fully saturated rings. The van der Waals surface area contributed by atoms with Gasteiger partial charge in [0, 0.05) is 21.9 Å². The first-order valence-electron chi connectivity index (χ1n) is 18.8. The van der Waals surface area contributed by atoms with Gasteiger partial charge in [0.15, 0.2) is 11.6 Å². The predicted molar refractivity (Wildman–Crippen MR) is 228 cm³/mol. The van der Waals surface area contributed by atoms with Crippen LogP contribution in [-0.4, -0.2) is 19.5 Å². The van der Waals surface area contributed by atoms with Gasteiger partial charge in [0.1, 0.15) is 0 Å². The number of rotatable bonds is 7. The van der Waals surface area contributed by atoms with E-state index < -0.39 is 0 Å². The van der Waals surface area contributed by atoms with E-state index in [4.69, 9.17) is 15.0 Å². The Labute approximate surface area is 320 Å². The van der Waals surface area contributed by atoms with Crippen molar-refractivity contribution in [3.05, 3.63) is 200 Å². The van der Waals surface area contributed by atoms with Gasteiger partial charge >= 0.3 is 0 Å². The third-order valence-electron chi connectivity index (χ3n) is 10.5. The minimum atomic E-state index is 0.327. The second kappa shape index (κ2) is 13.7. The predicted octanol–water partition coefficient (Wildman–Crippen LogP) is 12.9. The lowest BCUT2D eigenvalue weighted by atomic mass is 9.92. The molecule has 9 aromatic rings. The average molecular weight is 705 g/mol. The smallest absolute Gasteiger partial charge is 0.238 e. The fourth-order valence-corrected chi connectivity index (χ4v) is 7.74. The molecule has 0 spiro atoms. The van der Waals surface area contributed by atoms with Crippen LogP contribution in [0.5, 0.6) is 0 Å². The first kappa shape index (κ1) is 32.5. The van der Waals surface area contributed by atoms with Crippen molar-refractivity contribution < 1.29 is 0 Å². The van der Waals surface area contributed by atoms with Crippen LogP contribution in [0, 0.1) is 5.92 Å². The van der Waals surface area contributed by atoms with Crippen molar-refractivity contribution >= 4 is 27.4 Å². The minimum Gasteiger partial charge on any atom is -0.278 e. The molecule has 0 bridgehead atoms. The molecule has 1 unspecified atom stereocenters. The summed E-state index contributed by atoms with van der Waals surface area (Å²) in [6.07, 6.45) is 6.51. The van der Waals surface area contributed by atoms with E-state index in [1.54, 1.807) is 0 Å². The standard InChI is InChI=1S/C51H36N4/c1-34-24-25-41(28-34)50-52-49(37-18-9-4-10-19-37)53-51(54-50)55-47-23-12-11-22-45(47)46-27-26-40(33-48(46)55)38-20-13-21-39(29-38)44-31-42(35-14-5-2-6-15-35)30-43(32-44)36-16-7-3-8-17-36/h2-34H,1H3. The fraction of sp³-hybridized carbons (Fsp3) is 0.0392. The molecule has 0 saturated carbocycles. The number of fused-ring (bicyclic) bond motifs is 3. The van der Waals surface area contributed by atoms with E-state index in [0.29, 0.717) is 23.5 Å². The Morgan fingerprint density at radius 3 is 1.56 bits per heavy atom. The molecule has 55 heavy (non-hydrogen) atoms.